The fourth-order valence-corrected chi connectivity index (χ4v) is 2.17. The largest absolute Gasteiger partial charge is 0.465 e. The van der Waals surface area contributed by atoms with Crippen molar-refractivity contribution >= 4 is 11.9 Å². The third-order valence-corrected chi connectivity index (χ3v) is 3.13. The van der Waals surface area contributed by atoms with E-state index >= 15 is 0 Å². The van der Waals surface area contributed by atoms with Crippen molar-refractivity contribution in [1.82, 2.24) is 0 Å². The molecule has 0 N–H and O–H groups in total. The molecule has 0 aromatic heterocycles. The van der Waals surface area contributed by atoms with Gasteiger partial charge in [0, 0.05) is 6.42 Å². The number of benzene rings is 1. The topological polar surface area (TPSA) is 61.8 Å². The van der Waals surface area contributed by atoms with Gasteiger partial charge < -0.3 is 14.2 Å². The van der Waals surface area contributed by atoms with Crippen LogP contribution in [0.2, 0.25) is 0 Å². The second-order valence-electron chi connectivity index (χ2n) is 4.51. The van der Waals surface area contributed by atoms with Crippen molar-refractivity contribution in [3.63, 3.8) is 0 Å². The van der Waals surface area contributed by atoms with E-state index < -0.39 is 17.9 Å². The number of ether oxygens (including phenoxy) is 3. The smallest absolute Gasteiger partial charge is 0.341 e. The first kappa shape index (κ1) is 15.1. The van der Waals surface area contributed by atoms with Crippen molar-refractivity contribution in [3.05, 3.63) is 47.4 Å². The van der Waals surface area contributed by atoms with Gasteiger partial charge >= 0.3 is 11.9 Å². The van der Waals surface area contributed by atoms with Gasteiger partial charge in [0.1, 0.15) is 5.57 Å². The van der Waals surface area contributed by atoms with Crippen molar-refractivity contribution in [3.8, 4) is 0 Å². The minimum absolute atomic E-state index is 0.0341. The molecule has 1 aliphatic heterocycles. The summed E-state index contributed by atoms with van der Waals surface area (Å²) in [7, 11) is 0. The van der Waals surface area contributed by atoms with E-state index in [1.54, 1.807) is 13.8 Å². The molecule has 0 spiro atoms. The molecule has 1 atom stereocenters. The fourth-order valence-electron chi connectivity index (χ4n) is 2.17. The Morgan fingerprint density at radius 2 is 1.95 bits per heavy atom. The Balaban J connectivity index is 2.31. The van der Waals surface area contributed by atoms with Gasteiger partial charge in [-0.3, -0.25) is 4.79 Å². The molecule has 0 saturated heterocycles. The van der Waals surface area contributed by atoms with Gasteiger partial charge in [0.2, 0.25) is 0 Å². The Labute approximate surface area is 123 Å². The van der Waals surface area contributed by atoms with E-state index in [2.05, 4.69) is 0 Å². The lowest BCUT2D eigenvalue weighted by Gasteiger charge is -2.24. The molecule has 0 radical (unpaired) electrons. The molecular formula is C16H18O5. The van der Waals surface area contributed by atoms with E-state index in [9.17, 15) is 9.59 Å². The molecule has 0 amide bonds. The quantitative estimate of drug-likeness (QED) is 0.780. The van der Waals surface area contributed by atoms with Crippen LogP contribution in [-0.4, -0.2) is 25.2 Å². The molecule has 1 heterocycles. The van der Waals surface area contributed by atoms with Crippen molar-refractivity contribution in [2.45, 2.75) is 26.2 Å². The summed E-state index contributed by atoms with van der Waals surface area (Å²) < 4.78 is 15.5. The zero-order chi connectivity index (χ0) is 15.2. The molecule has 1 aliphatic rings. The number of cyclic esters (lactones) is 1. The highest BCUT2D eigenvalue weighted by molar-refractivity contribution is 5.93. The number of carbonyl (C=O) groups is 2. The van der Waals surface area contributed by atoms with Crippen LogP contribution >= 0.6 is 0 Å². The normalized spacial score (nSPS) is 18.2. The number of hydrogen-bond donors (Lipinski definition) is 0. The maximum absolute atomic E-state index is 12.1. The molecule has 1 unspecified atom stereocenters. The van der Waals surface area contributed by atoms with Crippen molar-refractivity contribution < 1.29 is 23.8 Å². The molecule has 0 bridgehead atoms. The maximum Gasteiger partial charge on any atom is 0.341 e. The number of esters is 2. The Morgan fingerprint density at radius 3 is 2.57 bits per heavy atom. The molecule has 2 rings (SSSR count). The van der Waals surface area contributed by atoms with E-state index in [0.29, 0.717) is 6.61 Å². The maximum atomic E-state index is 12.1. The van der Waals surface area contributed by atoms with Crippen molar-refractivity contribution in [1.29, 1.82) is 0 Å². The van der Waals surface area contributed by atoms with Gasteiger partial charge in [-0.1, -0.05) is 30.3 Å². The van der Waals surface area contributed by atoms with Crippen LogP contribution < -0.4 is 0 Å². The fraction of sp³-hybridized carbons (Fsp3) is 0.375. The average molecular weight is 290 g/mol. The van der Waals surface area contributed by atoms with Crippen molar-refractivity contribution in [2.24, 2.45) is 0 Å². The molecule has 5 nitrogen and oxygen atoms in total. The summed E-state index contributed by atoms with van der Waals surface area (Å²) in [6, 6.07) is 9.22. The Bertz CT molecular complexity index is 547. The van der Waals surface area contributed by atoms with Crippen LogP contribution in [-0.2, 0) is 23.8 Å². The SMILES string of the molecule is CCOC(=O)C1=C(OCC)OC(=O)C(c2ccccc2)C1. The number of carbonyl (C=O) groups excluding carboxylic acids is 2. The van der Waals surface area contributed by atoms with Gasteiger partial charge in [0.15, 0.2) is 0 Å². The van der Waals surface area contributed by atoms with Gasteiger partial charge in [-0.2, -0.15) is 0 Å². The van der Waals surface area contributed by atoms with Gasteiger partial charge in [-0.15, -0.1) is 0 Å². The predicted molar refractivity (Wildman–Crippen MR) is 75.2 cm³/mol. The minimum Gasteiger partial charge on any atom is -0.465 e. The summed E-state index contributed by atoms with van der Waals surface area (Å²) in [6.07, 6.45) is 0.219. The molecule has 1 aromatic carbocycles. The van der Waals surface area contributed by atoms with Crippen LogP contribution in [0, 0.1) is 0 Å². The average Bonchev–Trinajstić information content (AvgIpc) is 2.49. The van der Waals surface area contributed by atoms with E-state index in [1.165, 1.54) is 0 Å². The Kier molecular flexibility index (Phi) is 4.98. The third kappa shape index (κ3) is 3.42. The third-order valence-electron chi connectivity index (χ3n) is 3.13. The summed E-state index contributed by atoms with van der Waals surface area (Å²) >= 11 is 0. The molecule has 1 aromatic rings. The Hall–Kier alpha value is -2.30. The zero-order valence-electron chi connectivity index (χ0n) is 12.1. The van der Waals surface area contributed by atoms with Gasteiger partial charge in [-0.25, -0.2) is 4.79 Å². The molecule has 112 valence electrons. The predicted octanol–water partition coefficient (Wildman–Crippen LogP) is 2.53. The monoisotopic (exact) mass is 290 g/mol. The van der Waals surface area contributed by atoms with Gasteiger partial charge in [-0.05, 0) is 19.4 Å². The minimum atomic E-state index is -0.519. The van der Waals surface area contributed by atoms with Crippen LogP contribution in [0.4, 0.5) is 0 Å². The molecule has 0 saturated carbocycles. The molecule has 0 aliphatic carbocycles. The number of rotatable bonds is 5. The lowest BCUT2D eigenvalue weighted by molar-refractivity contribution is -0.151. The van der Waals surface area contributed by atoms with Crippen LogP contribution in [0.1, 0.15) is 31.7 Å². The molecule has 21 heavy (non-hydrogen) atoms. The number of hydrogen-bond acceptors (Lipinski definition) is 5. The van der Waals surface area contributed by atoms with E-state index in [-0.39, 0.29) is 24.5 Å². The first-order chi connectivity index (χ1) is 10.2. The molecular weight excluding hydrogens is 272 g/mol. The van der Waals surface area contributed by atoms with Crippen molar-refractivity contribution in [2.75, 3.05) is 13.2 Å². The lowest BCUT2D eigenvalue weighted by Crippen LogP contribution is -2.27. The van der Waals surface area contributed by atoms with Gasteiger partial charge in [0.25, 0.3) is 5.95 Å². The summed E-state index contributed by atoms with van der Waals surface area (Å²) in [4.78, 5) is 24.1. The van der Waals surface area contributed by atoms with Crippen LogP contribution in [0.25, 0.3) is 0 Å². The lowest BCUT2D eigenvalue weighted by atomic mass is 9.90. The standard InChI is InChI=1S/C16H18O5/c1-3-19-14(17)13-10-12(11-8-6-5-7-9-11)15(18)21-16(13)20-4-2/h5-9,12H,3-4,10H2,1-2H3. The van der Waals surface area contributed by atoms with Crippen LogP contribution in [0.5, 0.6) is 0 Å². The summed E-state index contributed by atoms with van der Waals surface area (Å²) in [5.74, 6) is -1.48. The van der Waals surface area contributed by atoms with E-state index in [1.807, 2.05) is 30.3 Å². The second kappa shape index (κ2) is 6.92. The Morgan fingerprint density at radius 1 is 1.24 bits per heavy atom. The van der Waals surface area contributed by atoms with Crippen LogP contribution in [0.3, 0.4) is 0 Å². The van der Waals surface area contributed by atoms with E-state index in [4.69, 9.17) is 14.2 Å². The zero-order valence-corrected chi connectivity index (χ0v) is 12.1. The molecule has 5 heteroatoms. The first-order valence-electron chi connectivity index (χ1n) is 6.97. The van der Waals surface area contributed by atoms with Crippen LogP contribution in [0.15, 0.2) is 41.9 Å². The summed E-state index contributed by atoms with van der Waals surface area (Å²) in [5, 5.41) is 0. The summed E-state index contributed by atoms with van der Waals surface area (Å²) in [5.41, 5.74) is 1.08. The first-order valence-corrected chi connectivity index (χ1v) is 6.97. The summed E-state index contributed by atoms with van der Waals surface area (Å²) in [6.45, 7) is 4.04. The highest BCUT2D eigenvalue weighted by atomic mass is 16.7. The molecule has 0 fully saturated rings. The highest BCUT2D eigenvalue weighted by Crippen LogP contribution is 2.33. The van der Waals surface area contributed by atoms with E-state index in [0.717, 1.165) is 5.56 Å². The second-order valence-corrected chi connectivity index (χ2v) is 4.51. The van der Waals surface area contributed by atoms with Gasteiger partial charge in [0.05, 0.1) is 19.1 Å². The highest BCUT2D eigenvalue weighted by Gasteiger charge is 2.36.